The molecule has 0 aromatic heterocycles. The molecule has 0 aliphatic carbocycles. The molecular formula is C15H11Cl4NO3S. The van der Waals surface area contributed by atoms with E-state index in [1.807, 2.05) is 0 Å². The maximum atomic E-state index is 12.8. The van der Waals surface area contributed by atoms with Gasteiger partial charge >= 0.3 is 0 Å². The Bertz CT molecular complexity index is 835. The first-order valence-corrected chi connectivity index (χ1v) is 9.61. The van der Waals surface area contributed by atoms with E-state index in [9.17, 15) is 13.2 Å². The summed E-state index contributed by atoms with van der Waals surface area (Å²) in [5, 5.41) is 0.404. The molecule has 0 aliphatic heterocycles. The van der Waals surface area contributed by atoms with Crippen molar-refractivity contribution in [2.75, 3.05) is 0 Å². The average molecular weight is 427 g/mol. The molecule has 1 unspecified atom stereocenters. The highest BCUT2D eigenvalue weighted by atomic mass is 35.6. The van der Waals surface area contributed by atoms with Gasteiger partial charge in [0.05, 0.1) is 9.92 Å². The van der Waals surface area contributed by atoms with Gasteiger partial charge in [-0.05, 0) is 24.3 Å². The van der Waals surface area contributed by atoms with Crippen LogP contribution in [0, 0.1) is 0 Å². The molecule has 0 heterocycles. The molecule has 0 saturated heterocycles. The van der Waals surface area contributed by atoms with Gasteiger partial charge in [0, 0.05) is 5.56 Å². The molecule has 0 fully saturated rings. The summed E-state index contributed by atoms with van der Waals surface area (Å²) in [4.78, 5) is 12.0. The molecule has 1 amide bonds. The Labute approximate surface area is 159 Å². The molecule has 9 heteroatoms. The van der Waals surface area contributed by atoms with E-state index >= 15 is 0 Å². The zero-order valence-corrected chi connectivity index (χ0v) is 15.8. The van der Waals surface area contributed by atoms with E-state index < -0.39 is 24.9 Å². The monoisotopic (exact) mass is 425 g/mol. The van der Waals surface area contributed by atoms with Gasteiger partial charge in [-0.25, -0.2) is 8.42 Å². The number of benzene rings is 2. The normalized spacial score (nSPS) is 13.3. The van der Waals surface area contributed by atoms with Crippen LogP contribution in [0.4, 0.5) is 0 Å². The highest BCUT2D eigenvalue weighted by molar-refractivity contribution is 7.92. The van der Waals surface area contributed by atoms with Gasteiger partial charge in [0.2, 0.25) is 13.6 Å². The molecule has 0 radical (unpaired) electrons. The van der Waals surface area contributed by atoms with Crippen LogP contribution in [-0.4, -0.2) is 23.5 Å². The van der Waals surface area contributed by atoms with Crippen molar-refractivity contribution in [3.8, 4) is 0 Å². The van der Waals surface area contributed by atoms with Crippen molar-refractivity contribution in [2.24, 2.45) is 0 Å². The Hall–Kier alpha value is -0.980. The van der Waals surface area contributed by atoms with Crippen molar-refractivity contribution in [1.29, 1.82) is 0 Å². The molecule has 0 saturated carbocycles. The van der Waals surface area contributed by atoms with Crippen molar-refractivity contribution < 1.29 is 13.2 Å². The summed E-state index contributed by atoms with van der Waals surface area (Å²) in [5.41, 5.74) is 0.228. The molecule has 2 rings (SSSR count). The van der Waals surface area contributed by atoms with Crippen LogP contribution < -0.4 is 5.32 Å². The van der Waals surface area contributed by atoms with Gasteiger partial charge in [0.15, 0.2) is 5.37 Å². The first-order valence-electron chi connectivity index (χ1n) is 6.55. The van der Waals surface area contributed by atoms with Gasteiger partial charge < -0.3 is 5.32 Å². The molecule has 2 aromatic rings. The number of carbonyl (C=O) groups is 1. The molecule has 1 atom stereocenters. The Morgan fingerprint density at radius 2 is 1.50 bits per heavy atom. The first-order chi connectivity index (χ1) is 11.1. The average Bonchev–Trinajstić information content (AvgIpc) is 2.52. The number of hydrogen-bond donors (Lipinski definition) is 1. The van der Waals surface area contributed by atoms with Gasteiger partial charge in [-0.1, -0.05) is 76.7 Å². The van der Waals surface area contributed by atoms with Crippen LogP contribution in [0.2, 0.25) is 5.02 Å². The lowest BCUT2D eigenvalue weighted by molar-refractivity contribution is 0.0948. The van der Waals surface area contributed by atoms with E-state index in [-0.39, 0.29) is 15.5 Å². The van der Waals surface area contributed by atoms with E-state index in [0.29, 0.717) is 0 Å². The van der Waals surface area contributed by atoms with Crippen LogP contribution >= 0.6 is 46.4 Å². The molecule has 24 heavy (non-hydrogen) atoms. The summed E-state index contributed by atoms with van der Waals surface area (Å²) in [6.45, 7) is 0. The van der Waals surface area contributed by atoms with Crippen LogP contribution in [0.1, 0.15) is 10.4 Å². The van der Waals surface area contributed by atoms with E-state index in [2.05, 4.69) is 5.32 Å². The number of halogens is 4. The third kappa shape index (κ3) is 4.35. The second-order valence-corrected chi connectivity index (χ2v) is 9.51. The van der Waals surface area contributed by atoms with Crippen LogP contribution in [0.5, 0.6) is 0 Å². The number of alkyl halides is 3. The van der Waals surface area contributed by atoms with E-state index in [1.165, 1.54) is 30.3 Å². The Morgan fingerprint density at radius 1 is 0.958 bits per heavy atom. The molecule has 0 spiro atoms. The number of carbonyl (C=O) groups excluding carboxylic acids is 1. The van der Waals surface area contributed by atoms with Gasteiger partial charge in [0.1, 0.15) is 0 Å². The van der Waals surface area contributed by atoms with Gasteiger partial charge in [-0.2, -0.15) is 0 Å². The smallest absolute Gasteiger partial charge is 0.252 e. The predicted octanol–water partition coefficient (Wildman–Crippen LogP) is 4.24. The number of amides is 1. The number of sulfone groups is 1. The minimum Gasteiger partial charge on any atom is -0.332 e. The van der Waals surface area contributed by atoms with Crippen molar-refractivity contribution in [3.63, 3.8) is 0 Å². The van der Waals surface area contributed by atoms with Gasteiger partial charge in [-0.15, -0.1) is 0 Å². The standard InChI is InChI=1S/C15H11Cl4NO3S/c16-11-8-4-5-9-12(11)24(22,23)14(15(17,18)19)20-13(21)10-6-2-1-3-7-10/h1-9,14H,(H,20,21). The Balaban J connectivity index is 2.43. The second kappa shape index (κ2) is 7.50. The first kappa shape index (κ1) is 19.3. The fraction of sp³-hybridized carbons (Fsp3) is 0.133. The molecule has 0 bridgehead atoms. The molecule has 4 nitrogen and oxygen atoms in total. The van der Waals surface area contributed by atoms with E-state index in [4.69, 9.17) is 46.4 Å². The van der Waals surface area contributed by atoms with Crippen LogP contribution in [0.25, 0.3) is 0 Å². The maximum Gasteiger partial charge on any atom is 0.252 e. The quantitative estimate of drug-likeness (QED) is 0.743. The number of rotatable bonds is 4. The fourth-order valence-electron chi connectivity index (χ4n) is 1.93. The fourth-order valence-corrected chi connectivity index (χ4v) is 5.08. The van der Waals surface area contributed by atoms with Crippen molar-refractivity contribution >= 4 is 62.1 Å². The third-order valence-corrected chi connectivity index (χ3v) is 6.59. The largest absolute Gasteiger partial charge is 0.332 e. The molecular weight excluding hydrogens is 416 g/mol. The predicted molar refractivity (Wildman–Crippen MR) is 96.6 cm³/mol. The topological polar surface area (TPSA) is 63.2 Å². The zero-order valence-electron chi connectivity index (χ0n) is 11.9. The molecule has 1 N–H and O–H groups in total. The lowest BCUT2D eigenvalue weighted by atomic mass is 10.2. The number of nitrogens with one attached hydrogen (secondary N) is 1. The van der Waals surface area contributed by atoms with Crippen LogP contribution in [-0.2, 0) is 9.84 Å². The van der Waals surface area contributed by atoms with Gasteiger partial charge in [0.25, 0.3) is 5.91 Å². The minimum atomic E-state index is -4.25. The molecule has 128 valence electrons. The summed E-state index contributed by atoms with van der Waals surface area (Å²) in [7, 11) is -4.25. The lowest BCUT2D eigenvalue weighted by Crippen LogP contribution is -2.49. The zero-order chi connectivity index (χ0) is 18.0. The summed E-state index contributed by atoms with van der Waals surface area (Å²) in [6.07, 6.45) is 0. The summed E-state index contributed by atoms with van der Waals surface area (Å²) >= 11 is 23.4. The second-order valence-electron chi connectivity index (χ2n) is 4.74. The summed E-state index contributed by atoms with van der Waals surface area (Å²) in [5.74, 6) is -0.692. The minimum absolute atomic E-state index is 0.0364. The highest BCUT2D eigenvalue weighted by Gasteiger charge is 2.45. The summed E-state index contributed by atoms with van der Waals surface area (Å²) < 4.78 is 23.3. The van der Waals surface area contributed by atoms with E-state index in [1.54, 1.807) is 24.3 Å². The van der Waals surface area contributed by atoms with Gasteiger partial charge in [-0.3, -0.25) is 4.79 Å². The van der Waals surface area contributed by atoms with Crippen LogP contribution in [0.3, 0.4) is 0 Å². The Morgan fingerprint density at radius 3 is 2.04 bits per heavy atom. The van der Waals surface area contributed by atoms with E-state index in [0.717, 1.165) is 0 Å². The molecule has 2 aromatic carbocycles. The highest BCUT2D eigenvalue weighted by Crippen LogP contribution is 2.37. The maximum absolute atomic E-state index is 12.8. The lowest BCUT2D eigenvalue weighted by Gasteiger charge is -2.25. The van der Waals surface area contributed by atoms with Crippen molar-refractivity contribution in [3.05, 3.63) is 65.2 Å². The number of hydrogen-bond acceptors (Lipinski definition) is 3. The summed E-state index contributed by atoms with van der Waals surface area (Å²) in [6, 6.07) is 13.7. The van der Waals surface area contributed by atoms with Crippen molar-refractivity contribution in [2.45, 2.75) is 14.1 Å². The van der Waals surface area contributed by atoms with Crippen LogP contribution in [0.15, 0.2) is 59.5 Å². The van der Waals surface area contributed by atoms with Crippen molar-refractivity contribution in [1.82, 2.24) is 5.32 Å². The third-order valence-electron chi connectivity index (χ3n) is 3.05. The Kier molecular flexibility index (Phi) is 6.04. The molecule has 0 aliphatic rings. The SMILES string of the molecule is O=C(NC(C(Cl)(Cl)Cl)S(=O)(=O)c1ccccc1Cl)c1ccccc1.